The van der Waals surface area contributed by atoms with Crippen LogP contribution >= 0.6 is 0 Å². The third-order valence-corrected chi connectivity index (χ3v) is 2.14. The molecule has 0 aromatic rings. The van der Waals surface area contributed by atoms with Gasteiger partial charge in [-0.1, -0.05) is 20.8 Å². The molecule has 21 heavy (non-hydrogen) atoms. The maximum Gasteiger partial charge on any atom is 0.471 e. The molecule has 0 aliphatic rings. The lowest BCUT2D eigenvalue weighted by Gasteiger charge is -2.22. The van der Waals surface area contributed by atoms with E-state index in [0.29, 0.717) is 0 Å². The van der Waals surface area contributed by atoms with E-state index >= 15 is 0 Å². The Labute approximate surface area is 119 Å². The molecule has 2 N–H and O–H groups in total. The second-order valence-corrected chi connectivity index (χ2v) is 5.62. The molecular weight excluding hydrogens is 295 g/mol. The number of amides is 1. The highest BCUT2D eigenvalue weighted by Crippen LogP contribution is 2.17. The van der Waals surface area contributed by atoms with Crippen LogP contribution in [0.1, 0.15) is 33.6 Å². The predicted molar refractivity (Wildman–Crippen MR) is 65.3 cm³/mol. The third kappa shape index (κ3) is 8.87. The Morgan fingerprint density at radius 2 is 1.71 bits per heavy atom. The molecule has 1 atom stereocenters. The number of halogens is 3. The van der Waals surface area contributed by atoms with E-state index in [-0.39, 0.29) is 6.61 Å². The van der Waals surface area contributed by atoms with Crippen LogP contribution in [-0.4, -0.2) is 41.8 Å². The normalized spacial score (nSPS) is 13.4. The minimum absolute atomic E-state index is 0.0721. The lowest BCUT2D eigenvalue weighted by Crippen LogP contribution is -2.48. The van der Waals surface area contributed by atoms with Crippen molar-refractivity contribution in [1.29, 1.82) is 0 Å². The average Bonchev–Trinajstić information content (AvgIpc) is 2.28. The number of carboxylic acids is 1. The number of hydrogen-bond acceptors (Lipinski definition) is 4. The molecule has 1 unspecified atom stereocenters. The van der Waals surface area contributed by atoms with Gasteiger partial charge in [-0.15, -0.1) is 0 Å². The average molecular weight is 313 g/mol. The number of ether oxygens (including phenoxy) is 1. The van der Waals surface area contributed by atoms with E-state index in [9.17, 15) is 27.6 Å². The maximum atomic E-state index is 12.2. The highest BCUT2D eigenvalue weighted by atomic mass is 19.4. The van der Waals surface area contributed by atoms with Gasteiger partial charge in [0.15, 0.2) is 0 Å². The molecule has 9 heteroatoms. The van der Waals surface area contributed by atoms with Gasteiger partial charge in [-0.25, -0.2) is 4.79 Å². The Morgan fingerprint density at radius 3 is 2.10 bits per heavy atom. The summed E-state index contributed by atoms with van der Waals surface area (Å²) >= 11 is 0. The fraction of sp³-hybridized carbons (Fsp3) is 0.750. The second-order valence-electron chi connectivity index (χ2n) is 5.62. The minimum Gasteiger partial charge on any atom is -0.481 e. The highest BCUT2D eigenvalue weighted by molar-refractivity contribution is 5.87. The summed E-state index contributed by atoms with van der Waals surface area (Å²) in [6.45, 7) is 5.14. The quantitative estimate of drug-likeness (QED) is 0.725. The van der Waals surface area contributed by atoms with E-state index in [4.69, 9.17) is 9.84 Å². The number of esters is 1. The standard InChI is InChI=1S/C12H18F3NO5/c1-11(2,3)6-21-9(19)7(4-5-8(17)18)16-10(20)12(13,14)15/h7H,4-6H2,1-3H3,(H,16,20)(H,17,18). The van der Waals surface area contributed by atoms with E-state index < -0.39 is 48.3 Å². The second kappa shape index (κ2) is 7.28. The zero-order valence-electron chi connectivity index (χ0n) is 11.9. The monoisotopic (exact) mass is 313 g/mol. The molecule has 0 aromatic carbocycles. The Morgan fingerprint density at radius 1 is 1.19 bits per heavy atom. The molecule has 0 aliphatic carbocycles. The van der Waals surface area contributed by atoms with Crippen LogP contribution < -0.4 is 5.32 Å². The van der Waals surface area contributed by atoms with Gasteiger partial charge < -0.3 is 15.2 Å². The summed E-state index contributed by atoms with van der Waals surface area (Å²) in [6, 6.07) is -1.66. The third-order valence-electron chi connectivity index (χ3n) is 2.14. The van der Waals surface area contributed by atoms with Crippen molar-refractivity contribution in [3.8, 4) is 0 Å². The summed E-state index contributed by atoms with van der Waals surface area (Å²) in [7, 11) is 0. The smallest absolute Gasteiger partial charge is 0.471 e. The van der Waals surface area contributed by atoms with Gasteiger partial charge in [-0.3, -0.25) is 9.59 Å². The number of nitrogens with one attached hydrogen (secondary N) is 1. The van der Waals surface area contributed by atoms with Crippen molar-refractivity contribution in [2.24, 2.45) is 5.41 Å². The van der Waals surface area contributed by atoms with Crippen LogP contribution in [0.15, 0.2) is 0 Å². The molecule has 122 valence electrons. The number of aliphatic carboxylic acids is 1. The molecule has 0 fully saturated rings. The van der Waals surface area contributed by atoms with Gasteiger partial charge in [0.25, 0.3) is 0 Å². The van der Waals surface area contributed by atoms with Crippen molar-refractivity contribution in [1.82, 2.24) is 5.32 Å². The molecule has 6 nitrogen and oxygen atoms in total. The summed E-state index contributed by atoms with van der Waals surface area (Å²) in [5.74, 6) is -4.71. The number of carbonyl (C=O) groups excluding carboxylic acids is 2. The Kier molecular flexibility index (Phi) is 6.65. The Balaban J connectivity index is 4.76. The van der Waals surface area contributed by atoms with Gasteiger partial charge in [0.05, 0.1) is 6.61 Å². The van der Waals surface area contributed by atoms with E-state index in [1.54, 1.807) is 20.8 Å². The van der Waals surface area contributed by atoms with Gasteiger partial charge in [0.2, 0.25) is 0 Å². The SMILES string of the molecule is CC(C)(C)COC(=O)C(CCC(=O)O)NC(=O)C(F)(F)F. The lowest BCUT2D eigenvalue weighted by molar-refractivity contribution is -0.176. The molecule has 0 rings (SSSR count). The fourth-order valence-corrected chi connectivity index (χ4v) is 1.15. The van der Waals surface area contributed by atoms with Gasteiger partial charge in [-0.05, 0) is 11.8 Å². The number of hydrogen-bond donors (Lipinski definition) is 2. The van der Waals surface area contributed by atoms with Crippen molar-refractivity contribution < 1.29 is 37.4 Å². The van der Waals surface area contributed by atoms with Crippen LogP contribution in [-0.2, 0) is 19.1 Å². The van der Waals surface area contributed by atoms with Crippen LogP contribution in [0.2, 0.25) is 0 Å². The Hall–Kier alpha value is -1.80. The Bertz CT molecular complexity index is 401. The molecule has 0 saturated heterocycles. The largest absolute Gasteiger partial charge is 0.481 e. The van der Waals surface area contributed by atoms with Gasteiger partial charge in [0, 0.05) is 6.42 Å². The van der Waals surface area contributed by atoms with Gasteiger partial charge in [-0.2, -0.15) is 13.2 Å². The predicted octanol–water partition coefficient (Wildman–Crippen LogP) is 1.49. The number of alkyl halides is 3. The van der Waals surface area contributed by atoms with E-state index in [0.717, 1.165) is 0 Å². The summed E-state index contributed by atoms with van der Waals surface area (Å²) in [4.78, 5) is 32.9. The summed E-state index contributed by atoms with van der Waals surface area (Å²) in [5, 5.41) is 9.96. The van der Waals surface area contributed by atoms with Gasteiger partial charge >= 0.3 is 24.0 Å². The van der Waals surface area contributed by atoms with Crippen LogP contribution in [0.3, 0.4) is 0 Å². The van der Waals surface area contributed by atoms with Crippen molar-refractivity contribution in [2.45, 2.75) is 45.8 Å². The molecule has 0 aromatic heterocycles. The van der Waals surface area contributed by atoms with Crippen molar-refractivity contribution in [3.63, 3.8) is 0 Å². The minimum atomic E-state index is -5.16. The van der Waals surface area contributed by atoms with Crippen molar-refractivity contribution >= 4 is 17.8 Å². The highest BCUT2D eigenvalue weighted by Gasteiger charge is 2.41. The van der Waals surface area contributed by atoms with E-state index in [1.807, 2.05) is 0 Å². The maximum absolute atomic E-state index is 12.2. The first-order valence-corrected chi connectivity index (χ1v) is 6.09. The first-order chi connectivity index (χ1) is 9.33. The molecule has 0 spiro atoms. The fourth-order valence-electron chi connectivity index (χ4n) is 1.15. The summed E-state index contributed by atoms with van der Waals surface area (Å²) < 4.78 is 41.3. The first kappa shape index (κ1) is 19.2. The molecule has 0 heterocycles. The van der Waals surface area contributed by atoms with E-state index in [1.165, 1.54) is 5.32 Å². The molecule has 0 saturated carbocycles. The zero-order chi connectivity index (χ0) is 16.8. The summed E-state index contributed by atoms with van der Waals surface area (Å²) in [6.07, 6.45) is -6.22. The molecule has 1 amide bonds. The number of carboxylic acid groups (broad SMARTS) is 1. The van der Waals surface area contributed by atoms with Crippen LogP contribution in [0.25, 0.3) is 0 Å². The van der Waals surface area contributed by atoms with Crippen LogP contribution in [0, 0.1) is 5.41 Å². The van der Waals surface area contributed by atoms with Crippen molar-refractivity contribution in [2.75, 3.05) is 6.61 Å². The van der Waals surface area contributed by atoms with Crippen LogP contribution in [0.4, 0.5) is 13.2 Å². The number of carbonyl (C=O) groups is 3. The zero-order valence-corrected chi connectivity index (χ0v) is 11.9. The lowest BCUT2D eigenvalue weighted by atomic mass is 9.98. The van der Waals surface area contributed by atoms with Gasteiger partial charge in [0.1, 0.15) is 6.04 Å². The van der Waals surface area contributed by atoms with Crippen LogP contribution in [0.5, 0.6) is 0 Å². The molecular formula is C12H18F3NO5. The van der Waals surface area contributed by atoms with E-state index in [2.05, 4.69) is 0 Å². The molecule has 0 radical (unpaired) electrons. The van der Waals surface area contributed by atoms with Crippen molar-refractivity contribution in [3.05, 3.63) is 0 Å². The summed E-state index contributed by atoms with van der Waals surface area (Å²) in [5.41, 5.74) is -0.416. The molecule has 0 bridgehead atoms. The molecule has 0 aliphatic heterocycles. The number of rotatable bonds is 6. The topological polar surface area (TPSA) is 92.7 Å². The first-order valence-electron chi connectivity index (χ1n) is 6.09.